The van der Waals surface area contributed by atoms with Gasteiger partial charge in [0.25, 0.3) is 0 Å². The van der Waals surface area contributed by atoms with E-state index in [1.165, 1.54) is 0 Å². The number of hydrogen-bond donors (Lipinski definition) is 3. The molecule has 1 fully saturated rings. The Morgan fingerprint density at radius 3 is 2.38 bits per heavy atom. The number of hydrogen-bond acceptors (Lipinski definition) is 7. The zero-order chi connectivity index (χ0) is 27.9. The van der Waals surface area contributed by atoms with E-state index in [1.807, 2.05) is 31.2 Å². The molecule has 0 spiro atoms. The number of imidazole rings is 1. The monoisotopic (exact) mass is 576 g/mol. The lowest BCUT2D eigenvalue weighted by Crippen LogP contribution is -2.39. The van der Waals surface area contributed by atoms with Crippen molar-refractivity contribution in [1.82, 2.24) is 14.9 Å². The number of nitrogens with one attached hydrogen (secondary N) is 2. The van der Waals surface area contributed by atoms with Crippen molar-refractivity contribution in [3.63, 3.8) is 0 Å². The second-order valence-corrected chi connectivity index (χ2v) is 9.75. The van der Waals surface area contributed by atoms with Crippen LogP contribution in [0.15, 0.2) is 54.9 Å². The van der Waals surface area contributed by atoms with Crippen LogP contribution in [0.4, 0.5) is 10.5 Å². The Morgan fingerprint density at radius 1 is 1.08 bits per heavy atom. The van der Waals surface area contributed by atoms with Crippen molar-refractivity contribution in [2.24, 2.45) is 5.92 Å². The predicted molar refractivity (Wildman–Crippen MR) is 145 cm³/mol. The fourth-order valence-electron chi connectivity index (χ4n) is 4.26. The average molecular weight is 577 g/mol. The number of esters is 1. The number of carbonyl (C=O) groups is 2. The van der Waals surface area contributed by atoms with Gasteiger partial charge in [0.15, 0.2) is 11.4 Å². The van der Waals surface area contributed by atoms with Crippen LogP contribution < -0.4 is 10.6 Å². The first kappa shape index (κ1) is 28.8. The SMILES string of the molecule is CCOC(=O)CNC(=O)Nc1ccc([C@H]2O[C@@H](Cn3cnc(Cl)c3Cl)[C@@H](C)[C@@H](c3ccc(CO)cc3)O2)cc1. The fourth-order valence-corrected chi connectivity index (χ4v) is 4.57. The van der Waals surface area contributed by atoms with Crippen molar-refractivity contribution in [2.45, 2.75) is 45.5 Å². The summed E-state index contributed by atoms with van der Waals surface area (Å²) in [5, 5.41) is 15.1. The molecule has 39 heavy (non-hydrogen) atoms. The van der Waals surface area contributed by atoms with Crippen molar-refractivity contribution in [3.8, 4) is 0 Å². The summed E-state index contributed by atoms with van der Waals surface area (Å²) in [6.45, 7) is 4.11. The Hall–Kier alpha value is -3.15. The maximum absolute atomic E-state index is 12.1. The number of ether oxygens (including phenoxy) is 3. The zero-order valence-corrected chi connectivity index (χ0v) is 23.0. The molecular formula is C27H30Cl2N4O6. The number of anilines is 1. The average Bonchev–Trinajstić information content (AvgIpc) is 3.26. The molecule has 0 radical (unpaired) electrons. The summed E-state index contributed by atoms with van der Waals surface area (Å²) in [6.07, 6.45) is 0.244. The molecule has 0 unspecified atom stereocenters. The summed E-state index contributed by atoms with van der Waals surface area (Å²) in [5.74, 6) is -0.583. The number of aliphatic hydroxyl groups is 1. The number of aromatic nitrogens is 2. The van der Waals surface area contributed by atoms with Crippen LogP contribution >= 0.6 is 23.2 Å². The maximum Gasteiger partial charge on any atom is 0.325 e. The van der Waals surface area contributed by atoms with Gasteiger partial charge in [-0.05, 0) is 30.2 Å². The summed E-state index contributed by atoms with van der Waals surface area (Å²) < 4.78 is 19.4. The molecule has 10 nitrogen and oxygen atoms in total. The van der Waals surface area contributed by atoms with Crippen LogP contribution in [-0.4, -0.2) is 45.9 Å². The number of nitrogens with zero attached hydrogens (tertiary/aromatic N) is 2. The third-order valence-corrected chi connectivity index (χ3v) is 7.14. The Bertz CT molecular complexity index is 1270. The lowest BCUT2D eigenvalue weighted by atomic mass is 9.90. The van der Waals surface area contributed by atoms with E-state index in [-0.39, 0.29) is 43.0 Å². The number of carbonyl (C=O) groups excluding carboxylic acids is 2. The van der Waals surface area contributed by atoms with E-state index in [0.29, 0.717) is 17.4 Å². The Balaban J connectivity index is 1.50. The summed E-state index contributed by atoms with van der Waals surface area (Å²) in [4.78, 5) is 27.6. The molecule has 4 atom stereocenters. The highest BCUT2D eigenvalue weighted by Gasteiger charge is 2.38. The van der Waals surface area contributed by atoms with Gasteiger partial charge in [-0.15, -0.1) is 0 Å². The van der Waals surface area contributed by atoms with Crippen LogP contribution in [0.25, 0.3) is 0 Å². The summed E-state index contributed by atoms with van der Waals surface area (Å²) in [6, 6.07) is 14.1. The lowest BCUT2D eigenvalue weighted by Gasteiger charge is -2.41. The number of urea groups is 1. The molecule has 0 bridgehead atoms. The van der Waals surface area contributed by atoms with Crippen molar-refractivity contribution in [2.75, 3.05) is 18.5 Å². The van der Waals surface area contributed by atoms with E-state index < -0.39 is 18.3 Å². The zero-order valence-electron chi connectivity index (χ0n) is 21.5. The minimum atomic E-state index is -0.710. The highest BCUT2D eigenvalue weighted by atomic mass is 35.5. The first-order chi connectivity index (χ1) is 18.8. The van der Waals surface area contributed by atoms with E-state index in [9.17, 15) is 14.7 Å². The van der Waals surface area contributed by atoms with Gasteiger partial charge in [0.2, 0.25) is 0 Å². The molecule has 1 aromatic heterocycles. The number of aliphatic hydroxyl groups excluding tert-OH is 1. The summed E-state index contributed by atoms with van der Waals surface area (Å²) in [5.41, 5.74) is 3.03. The third-order valence-electron chi connectivity index (χ3n) is 6.37. The molecule has 12 heteroatoms. The van der Waals surface area contributed by atoms with Crippen LogP contribution in [0.3, 0.4) is 0 Å². The third kappa shape index (κ3) is 7.28. The van der Waals surface area contributed by atoms with E-state index in [1.54, 1.807) is 42.1 Å². The van der Waals surface area contributed by atoms with Crippen molar-refractivity contribution >= 4 is 40.9 Å². The Kier molecular flexibility index (Phi) is 9.82. The molecular weight excluding hydrogens is 547 g/mol. The Labute approximate surface area is 236 Å². The number of amides is 2. The first-order valence-electron chi connectivity index (χ1n) is 12.5. The van der Waals surface area contributed by atoms with Crippen LogP contribution in [0.1, 0.15) is 42.9 Å². The molecule has 1 aliphatic rings. The van der Waals surface area contributed by atoms with Gasteiger partial charge in [0.1, 0.15) is 11.7 Å². The van der Waals surface area contributed by atoms with Crippen LogP contribution in [0.5, 0.6) is 0 Å². The maximum atomic E-state index is 12.1. The highest BCUT2D eigenvalue weighted by Crippen LogP contribution is 2.42. The first-order valence-corrected chi connectivity index (χ1v) is 13.2. The van der Waals surface area contributed by atoms with E-state index in [4.69, 9.17) is 37.4 Å². The Morgan fingerprint density at radius 2 is 1.77 bits per heavy atom. The molecule has 2 heterocycles. The fraction of sp³-hybridized carbons (Fsp3) is 0.370. The summed E-state index contributed by atoms with van der Waals surface area (Å²) in [7, 11) is 0. The molecule has 2 aromatic carbocycles. The van der Waals surface area contributed by atoms with Crippen molar-refractivity contribution < 1.29 is 28.9 Å². The molecule has 1 saturated heterocycles. The van der Waals surface area contributed by atoms with E-state index in [0.717, 1.165) is 16.7 Å². The molecule has 3 aromatic rings. The second kappa shape index (κ2) is 13.3. The van der Waals surface area contributed by atoms with E-state index >= 15 is 0 Å². The standard InChI is InChI=1S/C27H30Cl2N4O6/c1-3-37-22(35)12-30-27(36)32-20-10-8-19(9-11-20)26-38-21(13-33-15-31-24(28)25(33)29)16(2)23(39-26)18-6-4-17(14-34)5-7-18/h4-11,15-16,21,23,26,34H,3,12-14H2,1-2H3,(H2,30,32,36)/t16-,21+,23+,26+/m1/s1. The topological polar surface area (TPSA) is 124 Å². The molecule has 2 amide bonds. The number of benzene rings is 2. The van der Waals surface area contributed by atoms with Crippen LogP contribution in [0.2, 0.25) is 10.3 Å². The molecule has 3 N–H and O–H groups in total. The largest absolute Gasteiger partial charge is 0.465 e. The van der Waals surface area contributed by atoms with Gasteiger partial charge in [-0.2, -0.15) is 0 Å². The summed E-state index contributed by atoms with van der Waals surface area (Å²) >= 11 is 12.4. The highest BCUT2D eigenvalue weighted by molar-refractivity contribution is 6.40. The van der Waals surface area contributed by atoms with Crippen molar-refractivity contribution in [3.05, 3.63) is 81.9 Å². The van der Waals surface area contributed by atoms with Gasteiger partial charge < -0.3 is 34.5 Å². The van der Waals surface area contributed by atoms with Gasteiger partial charge in [-0.1, -0.05) is 66.5 Å². The second-order valence-electron chi connectivity index (χ2n) is 9.04. The lowest BCUT2D eigenvalue weighted by molar-refractivity contribution is -0.276. The van der Waals surface area contributed by atoms with Crippen molar-refractivity contribution in [1.29, 1.82) is 0 Å². The minimum Gasteiger partial charge on any atom is -0.465 e. The minimum absolute atomic E-state index is 0.0448. The van der Waals surface area contributed by atoms with Gasteiger partial charge in [-0.3, -0.25) is 4.79 Å². The smallest absolute Gasteiger partial charge is 0.325 e. The molecule has 0 aliphatic carbocycles. The molecule has 1 aliphatic heterocycles. The number of halogens is 2. The predicted octanol–water partition coefficient (Wildman–Crippen LogP) is 4.86. The molecule has 4 rings (SSSR count). The van der Waals surface area contributed by atoms with E-state index in [2.05, 4.69) is 15.6 Å². The van der Waals surface area contributed by atoms with Gasteiger partial charge in [0, 0.05) is 17.2 Å². The molecule has 208 valence electrons. The van der Waals surface area contributed by atoms with Crippen LogP contribution in [0, 0.1) is 5.92 Å². The quantitative estimate of drug-likeness (QED) is 0.311. The van der Waals surface area contributed by atoms with Gasteiger partial charge in [0.05, 0.1) is 38.3 Å². The number of rotatable bonds is 9. The normalized spacial score (nSPS) is 20.8. The van der Waals surface area contributed by atoms with Gasteiger partial charge in [-0.25, -0.2) is 9.78 Å². The van der Waals surface area contributed by atoms with Crippen LogP contribution in [-0.2, 0) is 32.2 Å². The molecule has 0 saturated carbocycles. The van der Waals surface area contributed by atoms with Gasteiger partial charge >= 0.3 is 12.0 Å².